The van der Waals surface area contributed by atoms with E-state index in [1.165, 1.54) is 25.0 Å². The first kappa shape index (κ1) is 19.7. The van der Waals surface area contributed by atoms with Crippen LogP contribution in [0, 0.1) is 5.92 Å². The number of sulfonamides is 1. The summed E-state index contributed by atoms with van der Waals surface area (Å²) in [7, 11) is -3.52. The molecule has 25 heavy (non-hydrogen) atoms. The quantitative estimate of drug-likeness (QED) is 0.673. The highest BCUT2D eigenvalue weighted by atomic mass is 32.2. The van der Waals surface area contributed by atoms with Crippen LogP contribution in [0.3, 0.4) is 0 Å². The van der Waals surface area contributed by atoms with E-state index < -0.39 is 10.0 Å². The van der Waals surface area contributed by atoms with E-state index in [1.807, 2.05) is 13.8 Å². The number of anilines is 1. The topological polar surface area (TPSA) is 87.3 Å². The highest BCUT2D eigenvalue weighted by Crippen LogP contribution is 2.20. The Morgan fingerprint density at radius 1 is 1.08 bits per heavy atom. The highest BCUT2D eigenvalue weighted by molar-refractivity contribution is 7.89. The molecule has 0 aliphatic heterocycles. The van der Waals surface area contributed by atoms with Crippen molar-refractivity contribution in [2.75, 3.05) is 11.9 Å². The predicted octanol–water partition coefficient (Wildman–Crippen LogP) is 3.47. The summed E-state index contributed by atoms with van der Waals surface area (Å²) in [5, 5.41) is 5.46. The highest BCUT2D eigenvalue weighted by Gasteiger charge is 2.21. The fourth-order valence-corrected chi connectivity index (χ4v) is 4.18. The van der Waals surface area contributed by atoms with E-state index in [0.717, 1.165) is 25.7 Å². The molecule has 140 valence electrons. The number of rotatable bonds is 6. The van der Waals surface area contributed by atoms with Crippen LogP contribution in [0.4, 0.5) is 10.5 Å². The van der Waals surface area contributed by atoms with Crippen LogP contribution in [-0.2, 0) is 10.0 Å². The first-order chi connectivity index (χ1) is 11.9. The van der Waals surface area contributed by atoms with Crippen molar-refractivity contribution in [2.45, 2.75) is 63.3 Å². The zero-order valence-electron chi connectivity index (χ0n) is 15.0. The van der Waals surface area contributed by atoms with Gasteiger partial charge in [0.1, 0.15) is 0 Å². The Morgan fingerprint density at radius 2 is 1.68 bits per heavy atom. The summed E-state index contributed by atoms with van der Waals surface area (Å²) in [5.74, 6) is 0.369. The number of urea groups is 1. The average Bonchev–Trinajstić information content (AvgIpc) is 2.81. The zero-order chi connectivity index (χ0) is 18.3. The van der Waals surface area contributed by atoms with Crippen LogP contribution in [0.5, 0.6) is 0 Å². The maximum atomic E-state index is 12.5. The van der Waals surface area contributed by atoms with Gasteiger partial charge in [0.2, 0.25) is 10.0 Å². The van der Waals surface area contributed by atoms with Crippen LogP contribution in [0.25, 0.3) is 0 Å². The van der Waals surface area contributed by atoms with Crippen molar-refractivity contribution in [2.24, 2.45) is 5.92 Å². The average molecular weight is 368 g/mol. The standard InChI is InChI=1S/C18H29N3O3S/c1-14(2)13-19-18(22)20-15-9-11-17(12-10-15)25(23,24)21-16-7-5-3-4-6-8-16/h9-12,14,16,21H,3-8,13H2,1-2H3,(H2,19,20,22). The summed E-state index contributed by atoms with van der Waals surface area (Å²) < 4.78 is 27.8. The predicted molar refractivity (Wildman–Crippen MR) is 100 cm³/mol. The molecule has 0 heterocycles. The van der Waals surface area contributed by atoms with E-state index in [1.54, 1.807) is 12.1 Å². The molecule has 2 rings (SSSR count). The van der Waals surface area contributed by atoms with E-state index in [0.29, 0.717) is 18.2 Å². The van der Waals surface area contributed by atoms with Crippen molar-refractivity contribution in [3.05, 3.63) is 24.3 Å². The number of benzene rings is 1. The molecule has 0 aromatic heterocycles. The molecule has 1 aliphatic carbocycles. The van der Waals surface area contributed by atoms with Gasteiger partial charge < -0.3 is 10.6 Å². The lowest BCUT2D eigenvalue weighted by molar-refractivity contribution is 0.251. The largest absolute Gasteiger partial charge is 0.338 e. The Bertz CT molecular complexity index is 649. The Balaban J connectivity index is 1.94. The van der Waals surface area contributed by atoms with E-state index in [9.17, 15) is 13.2 Å². The van der Waals surface area contributed by atoms with E-state index >= 15 is 0 Å². The summed E-state index contributed by atoms with van der Waals surface area (Å²) in [4.78, 5) is 12.0. The third kappa shape index (κ3) is 6.66. The lowest BCUT2D eigenvalue weighted by Gasteiger charge is -2.16. The minimum absolute atomic E-state index is 0.0205. The molecule has 0 spiro atoms. The molecule has 0 saturated heterocycles. The van der Waals surface area contributed by atoms with Crippen molar-refractivity contribution in [1.29, 1.82) is 0 Å². The Labute approximate surface area is 150 Å². The van der Waals surface area contributed by atoms with Crippen molar-refractivity contribution >= 4 is 21.7 Å². The third-order valence-electron chi connectivity index (χ3n) is 4.27. The maximum Gasteiger partial charge on any atom is 0.319 e. The van der Waals surface area contributed by atoms with Crippen LogP contribution < -0.4 is 15.4 Å². The monoisotopic (exact) mass is 367 g/mol. The fraction of sp³-hybridized carbons (Fsp3) is 0.611. The van der Waals surface area contributed by atoms with E-state index in [2.05, 4.69) is 15.4 Å². The van der Waals surface area contributed by atoms with Crippen molar-refractivity contribution in [3.8, 4) is 0 Å². The molecule has 0 bridgehead atoms. The van der Waals surface area contributed by atoms with Crippen molar-refractivity contribution in [1.82, 2.24) is 10.0 Å². The SMILES string of the molecule is CC(C)CNC(=O)Nc1ccc(S(=O)(=O)NC2CCCCCC2)cc1. The Morgan fingerprint density at radius 3 is 2.24 bits per heavy atom. The van der Waals surface area contributed by atoms with Crippen LogP contribution in [0.1, 0.15) is 52.4 Å². The van der Waals surface area contributed by atoms with Crippen molar-refractivity contribution in [3.63, 3.8) is 0 Å². The molecule has 0 atom stereocenters. The minimum atomic E-state index is -3.52. The van der Waals surface area contributed by atoms with Gasteiger partial charge >= 0.3 is 6.03 Å². The molecule has 7 heteroatoms. The van der Waals surface area contributed by atoms with Gasteiger partial charge in [0.05, 0.1) is 4.90 Å². The van der Waals surface area contributed by atoms with Gasteiger partial charge in [0.25, 0.3) is 0 Å². The smallest absolute Gasteiger partial charge is 0.319 e. The normalized spacial score (nSPS) is 16.4. The molecule has 6 nitrogen and oxygen atoms in total. The summed E-state index contributed by atoms with van der Waals surface area (Å²) >= 11 is 0. The first-order valence-electron chi connectivity index (χ1n) is 9.04. The second-order valence-corrected chi connectivity index (χ2v) is 8.78. The molecular formula is C18H29N3O3S. The number of hydrogen-bond acceptors (Lipinski definition) is 3. The maximum absolute atomic E-state index is 12.5. The van der Waals surface area contributed by atoms with Crippen molar-refractivity contribution < 1.29 is 13.2 Å². The van der Waals surface area contributed by atoms with Gasteiger partial charge in [-0.2, -0.15) is 0 Å². The van der Waals surface area contributed by atoms with Gasteiger partial charge in [-0.15, -0.1) is 0 Å². The molecule has 1 aliphatic rings. The Hall–Kier alpha value is -1.60. The lowest BCUT2D eigenvalue weighted by Crippen LogP contribution is -2.34. The molecule has 3 N–H and O–H groups in total. The van der Waals surface area contributed by atoms with E-state index in [-0.39, 0.29) is 17.0 Å². The number of hydrogen-bond donors (Lipinski definition) is 3. The minimum Gasteiger partial charge on any atom is -0.338 e. The van der Waals surface area contributed by atoms with Crippen LogP contribution in [-0.4, -0.2) is 27.0 Å². The second-order valence-electron chi connectivity index (χ2n) is 7.06. The Kier molecular flexibility index (Phi) is 7.25. The number of amides is 2. The lowest BCUT2D eigenvalue weighted by atomic mass is 10.1. The molecular weight excluding hydrogens is 338 g/mol. The molecule has 1 aromatic carbocycles. The molecule has 1 fully saturated rings. The first-order valence-corrected chi connectivity index (χ1v) is 10.5. The van der Waals surface area contributed by atoms with Gasteiger partial charge in [-0.25, -0.2) is 17.9 Å². The number of nitrogens with one attached hydrogen (secondary N) is 3. The van der Waals surface area contributed by atoms with Crippen LogP contribution >= 0.6 is 0 Å². The zero-order valence-corrected chi connectivity index (χ0v) is 15.9. The van der Waals surface area contributed by atoms with Gasteiger partial charge in [0, 0.05) is 18.3 Å². The number of carbonyl (C=O) groups is 1. The molecule has 0 unspecified atom stereocenters. The van der Waals surface area contributed by atoms with Crippen LogP contribution in [0.15, 0.2) is 29.2 Å². The molecule has 0 radical (unpaired) electrons. The fourth-order valence-electron chi connectivity index (χ4n) is 2.87. The van der Waals surface area contributed by atoms with Gasteiger partial charge in [0.15, 0.2) is 0 Å². The number of carbonyl (C=O) groups excluding carboxylic acids is 1. The summed E-state index contributed by atoms with van der Waals surface area (Å²) in [5.41, 5.74) is 0.565. The molecule has 2 amide bonds. The van der Waals surface area contributed by atoms with Crippen LogP contribution in [0.2, 0.25) is 0 Å². The third-order valence-corrected chi connectivity index (χ3v) is 5.81. The van der Waals surface area contributed by atoms with Gasteiger partial charge in [-0.05, 0) is 43.0 Å². The molecule has 1 saturated carbocycles. The van der Waals surface area contributed by atoms with Gasteiger partial charge in [-0.3, -0.25) is 0 Å². The summed E-state index contributed by atoms with van der Waals surface area (Å²) in [6.45, 7) is 4.62. The summed E-state index contributed by atoms with van der Waals surface area (Å²) in [6, 6.07) is 5.99. The second kappa shape index (κ2) is 9.20. The van der Waals surface area contributed by atoms with Gasteiger partial charge in [-0.1, -0.05) is 39.5 Å². The summed E-state index contributed by atoms with van der Waals surface area (Å²) in [6.07, 6.45) is 6.29. The molecule has 1 aromatic rings. The van der Waals surface area contributed by atoms with E-state index in [4.69, 9.17) is 0 Å².